The van der Waals surface area contributed by atoms with Crippen LogP contribution in [-0.2, 0) is 24.9 Å². The molecule has 0 spiro atoms. The zero-order valence-electron chi connectivity index (χ0n) is 10.8. The van der Waals surface area contributed by atoms with E-state index in [4.69, 9.17) is 4.18 Å². The fourth-order valence-electron chi connectivity index (χ4n) is 2.67. The molecule has 1 aliphatic carbocycles. The van der Waals surface area contributed by atoms with Crippen LogP contribution < -0.4 is 10.6 Å². The molecule has 106 valence electrons. The first-order valence-electron chi connectivity index (χ1n) is 6.24. The molecule has 2 aliphatic heterocycles. The Bertz CT molecular complexity index is 593. The lowest BCUT2D eigenvalue weighted by Gasteiger charge is -2.50. The van der Waals surface area contributed by atoms with Gasteiger partial charge in [0, 0.05) is 11.6 Å². The minimum absolute atomic E-state index is 0.0690. The van der Waals surface area contributed by atoms with Gasteiger partial charge in [-0.15, -0.1) is 0 Å². The van der Waals surface area contributed by atoms with Gasteiger partial charge in [0.05, 0.1) is 12.0 Å². The van der Waals surface area contributed by atoms with Crippen LogP contribution in [0.4, 0.5) is 5.69 Å². The molecule has 7 heteroatoms. The average molecular weight is 294 g/mol. The highest BCUT2D eigenvalue weighted by Gasteiger charge is 2.57. The Morgan fingerprint density at radius 3 is 2.50 bits per heavy atom. The third-order valence-electron chi connectivity index (χ3n) is 3.81. The molecular weight excluding hydrogens is 280 g/mol. The van der Waals surface area contributed by atoms with Crippen LogP contribution in [-0.4, -0.2) is 28.7 Å². The van der Waals surface area contributed by atoms with Gasteiger partial charge in [0.15, 0.2) is 11.1 Å². The molecule has 2 saturated heterocycles. The predicted molar refractivity (Wildman–Crippen MR) is 72.1 cm³/mol. The minimum atomic E-state index is -1.47. The zero-order valence-corrected chi connectivity index (χ0v) is 11.7. The molecule has 0 radical (unpaired) electrons. The molecule has 6 nitrogen and oxygen atoms in total. The number of anilines is 1. The van der Waals surface area contributed by atoms with Gasteiger partial charge in [0.25, 0.3) is 5.91 Å². The largest absolute Gasteiger partial charge is 0.371 e. The molecule has 2 heterocycles. The Labute approximate surface area is 118 Å². The fourth-order valence-corrected chi connectivity index (χ4v) is 3.22. The van der Waals surface area contributed by atoms with Crippen LogP contribution in [0.1, 0.15) is 12.8 Å². The molecular formula is C13H14N2O4S. The molecule has 2 amide bonds. The van der Waals surface area contributed by atoms with Crippen molar-refractivity contribution in [3.63, 3.8) is 0 Å². The SMILES string of the molecule is COS(=O)c1ccc(NC23CC(C2)C(=O)NC3=O)cc1. The molecule has 2 N–H and O–H groups in total. The van der Waals surface area contributed by atoms with Crippen molar-refractivity contribution in [1.82, 2.24) is 5.32 Å². The lowest BCUT2D eigenvalue weighted by atomic mass is 9.64. The summed E-state index contributed by atoms with van der Waals surface area (Å²) in [6.45, 7) is 0. The van der Waals surface area contributed by atoms with Gasteiger partial charge < -0.3 is 5.32 Å². The van der Waals surface area contributed by atoms with Crippen LogP contribution in [0.3, 0.4) is 0 Å². The average Bonchev–Trinajstić information content (AvgIpc) is 2.40. The van der Waals surface area contributed by atoms with E-state index in [2.05, 4.69) is 10.6 Å². The van der Waals surface area contributed by atoms with Crippen molar-refractivity contribution in [1.29, 1.82) is 0 Å². The van der Waals surface area contributed by atoms with Gasteiger partial charge in [-0.05, 0) is 37.1 Å². The number of hydrogen-bond donors (Lipinski definition) is 2. The molecule has 1 saturated carbocycles. The van der Waals surface area contributed by atoms with Crippen molar-refractivity contribution in [2.45, 2.75) is 23.3 Å². The molecule has 1 atom stereocenters. The molecule has 1 aromatic rings. The van der Waals surface area contributed by atoms with Gasteiger partial charge in [0.2, 0.25) is 5.91 Å². The third-order valence-corrected chi connectivity index (χ3v) is 4.77. The first-order chi connectivity index (χ1) is 9.54. The molecule has 1 unspecified atom stereocenters. The predicted octanol–water partition coefficient (Wildman–Crippen LogP) is 0.573. The van der Waals surface area contributed by atoms with Gasteiger partial charge in [-0.3, -0.25) is 19.1 Å². The maximum Gasteiger partial charge on any atom is 0.252 e. The Morgan fingerprint density at radius 2 is 1.95 bits per heavy atom. The van der Waals surface area contributed by atoms with Crippen molar-refractivity contribution in [3.8, 4) is 0 Å². The van der Waals surface area contributed by atoms with Crippen molar-refractivity contribution in [3.05, 3.63) is 24.3 Å². The van der Waals surface area contributed by atoms with E-state index in [1.807, 2.05) is 0 Å². The van der Waals surface area contributed by atoms with Crippen LogP contribution >= 0.6 is 0 Å². The van der Waals surface area contributed by atoms with Gasteiger partial charge in [0.1, 0.15) is 5.54 Å². The lowest BCUT2D eigenvalue weighted by molar-refractivity contribution is -0.148. The van der Waals surface area contributed by atoms with Gasteiger partial charge in [-0.25, -0.2) is 4.21 Å². The number of carbonyl (C=O) groups is 2. The number of carbonyl (C=O) groups excluding carboxylic acids is 2. The molecule has 4 rings (SSSR count). The molecule has 2 bridgehead atoms. The van der Waals surface area contributed by atoms with Crippen LogP contribution in [0.25, 0.3) is 0 Å². The number of imide groups is 1. The Hall–Kier alpha value is -1.73. The van der Waals surface area contributed by atoms with Gasteiger partial charge >= 0.3 is 0 Å². The summed E-state index contributed by atoms with van der Waals surface area (Å²) in [5, 5.41) is 5.54. The summed E-state index contributed by atoms with van der Waals surface area (Å²) in [7, 11) is 1.37. The summed E-state index contributed by atoms with van der Waals surface area (Å²) in [6.07, 6.45) is 1.06. The van der Waals surface area contributed by atoms with Crippen LogP contribution in [0, 0.1) is 5.92 Å². The van der Waals surface area contributed by atoms with Crippen molar-refractivity contribution in [2.75, 3.05) is 12.4 Å². The van der Waals surface area contributed by atoms with E-state index >= 15 is 0 Å². The van der Waals surface area contributed by atoms with Crippen LogP contribution in [0.2, 0.25) is 0 Å². The van der Waals surface area contributed by atoms with E-state index in [9.17, 15) is 13.8 Å². The van der Waals surface area contributed by atoms with Crippen LogP contribution in [0.5, 0.6) is 0 Å². The second-order valence-electron chi connectivity index (χ2n) is 5.06. The minimum Gasteiger partial charge on any atom is -0.371 e. The molecule has 0 aromatic heterocycles. The number of benzene rings is 1. The summed E-state index contributed by atoms with van der Waals surface area (Å²) in [5.41, 5.74) is 0.0744. The Morgan fingerprint density at radius 1 is 1.30 bits per heavy atom. The summed E-state index contributed by atoms with van der Waals surface area (Å²) in [4.78, 5) is 23.9. The number of hydrogen-bond acceptors (Lipinski definition) is 5. The Balaban J connectivity index is 1.74. The fraction of sp³-hybridized carbons (Fsp3) is 0.385. The maximum absolute atomic E-state index is 11.9. The van der Waals surface area contributed by atoms with Gasteiger partial charge in [-0.2, -0.15) is 0 Å². The first-order valence-corrected chi connectivity index (χ1v) is 7.31. The normalized spacial score (nSPS) is 29.4. The zero-order chi connectivity index (χ0) is 14.3. The monoisotopic (exact) mass is 294 g/mol. The topological polar surface area (TPSA) is 84.5 Å². The smallest absolute Gasteiger partial charge is 0.252 e. The molecule has 3 aliphatic rings. The second-order valence-corrected chi connectivity index (χ2v) is 6.33. The summed E-state index contributed by atoms with van der Waals surface area (Å²) in [5.74, 6) is -0.514. The number of rotatable bonds is 4. The lowest BCUT2D eigenvalue weighted by Crippen LogP contribution is -2.69. The quantitative estimate of drug-likeness (QED) is 0.793. The highest BCUT2D eigenvalue weighted by Crippen LogP contribution is 2.43. The van der Waals surface area contributed by atoms with Crippen molar-refractivity contribution in [2.24, 2.45) is 5.92 Å². The number of nitrogens with one attached hydrogen (secondary N) is 2. The molecule has 1 aromatic carbocycles. The molecule has 20 heavy (non-hydrogen) atoms. The Kier molecular flexibility index (Phi) is 3.10. The summed E-state index contributed by atoms with van der Waals surface area (Å²) >= 11 is -1.47. The summed E-state index contributed by atoms with van der Waals surface area (Å²) in [6, 6.07) is 6.86. The van der Waals surface area contributed by atoms with E-state index < -0.39 is 16.6 Å². The van der Waals surface area contributed by atoms with E-state index in [-0.39, 0.29) is 17.7 Å². The van der Waals surface area contributed by atoms with E-state index in [1.54, 1.807) is 24.3 Å². The van der Waals surface area contributed by atoms with E-state index in [1.165, 1.54) is 7.11 Å². The third kappa shape index (κ3) is 2.03. The summed E-state index contributed by atoms with van der Waals surface area (Å²) < 4.78 is 16.2. The number of piperidine rings is 2. The van der Waals surface area contributed by atoms with E-state index in [0.29, 0.717) is 17.7 Å². The van der Waals surface area contributed by atoms with E-state index in [0.717, 1.165) is 5.69 Å². The number of amides is 2. The molecule has 3 fully saturated rings. The highest BCUT2D eigenvalue weighted by molar-refractivity contribution is 7.80. The standard InChI is InChI=1S/C13H14N2O4S/c1-19-20(18)10-4-2-9(3-5-10)15-13-6-8(7-13)11(16)14-12(13)17/h2-5,8,15H,6-7H2,1H3,(H,14,16,17). The van der Waals surface area contributed by atoms with Crippen LogP contribution in [0.15, 0.2) is 29.2 Å². The van der Waals surface area contributed by atoms with Crippen molar-refractivity contribution < 1.29 is 18.0 Å². The second kappa shape index (κ2) is 4.68. The number of fused-ring (bicyclic) bond motifs is 2. The maximum atomic E-state index is 11.9. The van der Waals surface area contributed by atoms with Gasteiger partial charge in [-0.1, -0.05) is 0 Å². The first kappa shape index (κ1) is 13.3. The highest BCUT2D eigenvalue weighted by atomic mass is 32.2. The van der Waals surface area contributed by atoms with Crippen molar-refractivity contribution >= 4 is 28.6 Å².